The van der Waals surface area contributed by atoms with E-state index < -0.39 is 0 Å². The van der Waals surface area contributed by atoms with Crippen LogP contribution < -0.4 is 4.90 Å². The van der Waals surface area contributed by atoms with E-state index in [1.54, 1.807) is 0 Å². The number of benzene rings is 8. The molecular weight excluding hydrogens is 551 g/mol. The summed E-state index contributed by atoms with van der Waals surface area (Å²) in [5, 5.41) is 10.2. The fraction of sp³-hybridized carbons (Fsp3) is 0. The van der Waals surface area contributed by atoms with Gasteiger partial charge in [0.1, 0.15) is 0 Å². The van der Waals surface area contributed by atoms with Crippen molar-refractivity contribution in [1.82, 2.24) is 0 Å². The lowest BCUT2D eigenvalue weighted by Gasteiger charge is -2.27. The summed E-state index contributed by atoms with van der Waals surface area (Å²) in [6.45, 7) is 0. The van der Waals surface area contributed by atoms with E-state index in [-0.39, 0.29) is 0 Å². The summed E-state index contributed by atoms with van der Waals surface area (Å²) in [5.41, 5.74) is 5.91. The molecule has 44 heavy (non-hydrogen) atoms. The van der Waals surface area contributed by atoms with Gasteiger partial charge < -0.3 is 4.90 Å². The molecule has 0 N–H and O–H groups in total. The molecule has 9 rings (SSSR count). The van der Waals surface area contributed by atoms with Crippen molar-refractivity contribution in [2.24, 2.45) is 0 Å². The molecule has 0 fully saturated rings. The van der Waals surface area contributed by atoms with Gasteiger partial charge in [-0.2, -0.15) is 0 Å². The Morgan fingerprint density at radius 3 is 1.82 bits per heavy atom. The van der Waals surface area contributed by atoms with Gasteiger partial charge in [-0.05, 0) is 79.8 Å². The Balaban J connectivity index is 1.32. The number of hydrogen-bond acceptors (Lipinski definition) is 2. The highest BCUT2D eigenvalue weighted by atomic mass is 32.1. The molecule has 1 aromatic heterocycles. The predicted octanol–water partition coefficient (Wildman–Crippen LogP) is 12.7. The van der Waals surface area contributed by atoms with E-state index in [4.69, 9.17) is 0 Å². The lowest BCUT2D eigenvalue weighted by Crippen LogP contribution is -2.10. The Hall–Kier alpha value is -5.44. The van der Waals surface area contributed by atoms with E-state index in [9.17, 15) is 0 Å². The smallest absolute Gasteiger partial charge is 0.0554 e. The topological polar surface area (TPSA) is 3.24 Å². The minimum Gasteiger partial charge on any atom is -0.310 e. The van der Waals surface area contributed by atoms with Crippen LogP contribution >= 0.6 is 11.3 Å². The van der Waals surface area contributed by atoms with E-state index in [1.807, 2.05) is 11.3 Å². The standard InChI is InChI=1S/C42H27NS/c1-2-9-28(10-3-1)29-19-23-33(24-20-29)43(34-25-21-32-18-17-30-11-4-6-13-35(30)38(32)27-34)39-15-8-16-40-41(39)37-26-22-31-12-5-7-14-36(31)42(37)44-40/h1-27H. The van der Waals surface area contributed by atoms with Crippen LogP contribution in [0.15, 0.2) is 164 Å². The molecule has 0 saturated carbocycles. The molecule has 206 valence electrons. The molecule has 0 aliphatic heterocycles. The predicted molar refractivity (Wildman–Crippen MR) is 192 cm³/mol. The van der Waals surface area contributed by atoms with E-state index in [0.717, 1.165) is 11.4 Å². The van der Waals surface area contributed by atoms with Gasteiger partial charge in [-0.15, -0.1) is 11.3 Å². The van der Waals surface area contributed by atoms with Crippen molar-refractivity contribution in [2.75, 3.05) is 4.90 Å². The van der Waals surface area contributed by atoms with Crippen LogP contribution in [0.4, 0.5) is 17.1 Å². The molecular formula is C42H27NS. The van der Waals surface area contributed by atoms with Crippen LogP contribution in [0.1, 0.15) is 0 Å². The van der Waals surface area contributed by atoms with Crippen molar-refractivity contribution >= 4 is 80.9 Å². The second-order valence-electron chi connectivity index (χ2n) is 11.4. The molecule has 0 unspecified atom stereocenters. The first-order valence-corrected chi connectivity index (χ1v) is 15.8. The molecule has 0 radical (unpaired) electrons. The normalized spacial score (nSPS) is 11.6. The Bertz CT molecular complexity index is 2490. The van der Waals surface area contributed by atoms with Crippen molar-refractivity contribution in [3.8, 4) is 11.1 Å². The van der Waals surface area contributed by atoms with Gasteiger partial charge in [0, 0.05) is 31.5 Å². The van der Waals surface area contributed by atoms with Gasteiger partial charge in [-0.3, -0.25) is 0 Å². The van der Waals surface area contributed by atoms with Crippen LogP contribution in [0.25, 0.3) is 63.6 Å². The molecule has 0 aliphatic carbocycles. The van der Waals surface area contributed by atoms with Gasteiger partial charge in [0.15, 0.2) is 0 Å². The number of thiophene rings is 1. The number of rotatable bonds is 4. The molecule has 9 aromatic rings. The van der Waals surface area contributed by atoms with Crippen molar-refractivity contribution in [1.29, 1.82) is 0 Å². The maximum atomic E-state index is 2.44. The third kappa shape index (κ3) is 4.00. The van der Waals surface area contributed by atoms with Crippen LogP contribution in [0.5, 0.6) is 0 Å². The summed E-state index contributed by atoms with van der Waals surface area (Å²) in [6.07, 6.45) is 0. The van der Waals surface area contributed by atoms with Crippen LogP contribution in [0.3, 0.4) is 0 Å². The Labute approximate surface area is 259 Å². The van der Waals surface area contributed by atoms with Crippen LogP contribution in [-0.2, 0) is 0 Å². The fourth-order valence-electron chi connectivity index (χ4n) is 6.71. The summed E-state index contributed by atoms with van der Waals surface area (Å²) in [4.78, 5) is 2.44. The minimum atomic E-state index is 1.14. The van der Waals surface area contributed by atoms with Gasteiger partial charge in [-0.1, -0.05) is 127 Å². The molecule has 2 heteroatoms. The largest absolute Gasteiger partial charge is 0.310 e. The molecule has 0 amide bonds. The zero-order valence-corrected chi connectivity index (χ0v) is 24.8. The van der Waals surface area contributed by atoms with Gasteiger partial charge in [0.2, 0.25) is 0 Å². The highest BCUT2D eigenvalue weighted by Crippen LogP contribution is 2.47. The van der Waals surface area contributed by atoms with Crippen molar-refractivity contribution in [2.45, 2.75) is 0 Å². The van der Waals surface area contributed by atoms with Crippen molar-refractivity contribution < 1.29 is 0 Å². The number of hydrogen-bond donors (Lipinski definition) is 0. The van der Waals surface area contributed by atoms with Gasteiger partial charge >= 0.3 is 0 Å². The molecule has 1 heterocycles. The summed E-state index contributed by atoms with van der Waals surface area (Å²) in [6, 6.07) is 59.7. The maximum absolute atomic E-state index is 2.44. The van der Waals surface area contributed by atoms with Crippen molar-refractivity contribution in [3.05, 3.63) is 164 Å². The first kappa shape index (κ1) is 25.1. The third-order valence-corrected chi connectivity index (χ3v) is 10.0. The van der Waals surface area contributed by atoms with Gasteiger partial charge in [0.25, 0.3) is 0 Å². The summed E-state index contributed by atoms with van der Waals surface area (Å²) < 4.78 is 2.64. The monoisotopic (exact) mass is 577 g/mol. The van der Waals surface area contributed by atoms with Gasteiger partial charge in [-0.25, -0.2) is 0 Å². The highest BCUT2D eigenvalue weighted by Gasteiger charge is 2.20. The zero-order chi connectivity index (χ0) is 29.0. The molecule has 0 saturated heterocycles. The SMILES string of the molecule is c1ccc(-c2ccc(N(c3ccc4ccc5ccccc5c4c3)c3cccc4sc5c6ccccc6ccc5c34)cc2)cc1. The first-order valence-electron chi connectivity index (χ1n) is 15.0. The van der Waals surface area contributed by atoms with Crippen LogP contribution in [-0.4, -0.2) is 0 Å². The van der Waals surface area contributed by atoms with E-state index in [1.165, 1.54) is 69.3 Å². The molecule has 0 aliphatic rings. The van der Waals surface area contributed by atoms with Gasteiger partial charge in [0.05, 0.1) is 5.69 Å². The number of fused-ring (bicyclic) bond motifs is 8. The van der Waals surface area contributed by atoms with Crippen LogP contribution in [0.2, 0.25) is 0 Å². The lowest BCUT2D eigenvalue weighted by atomic mass is 10.00. The minimum absolute atomic E-state index is 1.14. The Morgan fingerprint density at radius 2 is 1.00 bits per heavy atom. The van der Waals surface area contributed by atoms with E-state index in [0.29, 0.717) is 0 Å². The highest BCUT2D eigenvalue weighted by molar-refractivity contribution is 7.26. The quantitative estimate of drug-likeness (QED) is 0.188. The second kappa shape index (κ2) is 10.1. The maximum Gasteiger partial charge on any atom is 0.0554 e. The molecule has 1 nitrogen and oxygen atoms in total. The fourth-order valence-corrected chi connectivity index (χ4v) is 7.97. The number of anilines is 3. The lowest BCUT2D eigenvalue weighted by molar-refractivity contribution is 1.31. The van der Waals surface area contributed by atoms with Crippen LogP contribution in [0, 0.1) is 0 Å². The summed E-state index contributed by atoms with van der Waals surface area (Å²) in [5.74, 6) is 0. The molecule has 8 aromatic carbocycles. The van der Waals surface area contributed by atoms with E-state index >= 15 is 0 Å². The average Bonchev–Trinajstić information content (AvgIpc) is 3.49. The zero-order valence-electron chi connectivity index (χ0n) is 23.9. The second-order valence-corrected chi connectivity index (χ2v) is 12.4. The van der Waals surface area contributed by atoms with Crippen molar-refractivity contribution in [3.63, 3.8) is 0 Å². The number of nitrogens with zero attached hydrogens (tertiary/aromatic N) is 1. The summed E-state index contributed by atoms with van der Waals surface area (Å²) in [7, 11) is 0. The molecule has 0 atom stereocenters. The third-order valence-electron chi connectivity index (χ3n) is 8.83. The Morgan fingerprint density at radius 1 is 0.386 bits per heavy atom. The Kier molecular flexibility index (Phi) is 5.75. The first-order chi connectivity index (χ1) is 21.8. The molecule has 0 bridgehead atoms. The van der Waals surface area contributed by atoms with E-state index in [2.05, 4.69) is 169 Å². The average molecular weight is 578 g/mol. The summed E-state index contributed by atoms with van der Waals surface area (Å²) >= 11 is 1.89. The molecule has 0 spiro atoms.